The summed E-state index contributed by atoms with van der Waals surface area (Å²) in [5, 5.41) is 0. The van der Waals surface area contributed by atoms with Crippen molar-refractivity contribution < 1.29 is 0 Å². The van der Waals surface area contributed by atoms with Gasteiger partial charge in [-0.3, -0.25) is 0 Å². The molecule has 1 rings (SSSR count). The van der Waals surface area contributed by atoms with Gasteiger partial charge in [0.1, 0.15) is 0 Å². The van der Waals surface area contributed by atoms with Crippen molar-refractivity contribution in [3.63, 3.8) is 0 Å². The molecular formula is C8H9Te. The zero-order valence-corrected chi connectivity index (χ0v) is 7.72. The second kappa shape index (κ2) is 3.93. The van der Waals surface area contributed by atoms with Crippen molar-refractivity contribution in [3.05, 3.63) is 35.9 Å². The molecule has 0 heterocycles. The zero-order valence-electron chi connectivity index (χ0n) is 5.17. The van der Waals surface area contributed by atoms with Gasteiger partial charge in [0.15, 0.2) is 0 Å². The van der Waals surface area contributed by atoms with Gasteiger partial charge < -0.3 is 0 Å². The normalized spacial score (nSPS) is 9.44. The van der Waals surface area contributed by atoms with Gasteiger partial charge in [0, 0.05) is 0 Å². The fourth-order valence-corrected chi connectivity index (χ4v) is 1.45. The minimum atomic E-state index is 1.21. The summed E-state index contributed by atoms with van der Waals surface area (Å²) in [4.78, 5) is 0. The molecule has 1 aromatic carbocycles. The SMILES string of the molecule is [TeH]CCc1cc[c]cc1. The average molecular weight is 233 g/mol. The minimum absolute atomic E-state index is 1.21. The van der Waals surface area contributed by atoms with Gasteiger partial charge in [-0.1, -0.05) is 0 Å². The fraction of sp³-hybridized carbons (Fsp3) is 0.250. The number of hydrogen-bond acceptors (Lipinski definition) is 0. The van der Waals surface area contributed by atoms with Crippen LogP contribution in [-0.4, -0.2) is 22.3 Å². The Hall–Kier alpha value is 0.00961. The van der Waals surface area contributed by atoms with Crippen LogP contribution in [0.15, 0.2) is 24.3 Å². The Balaban J connectivity index is 2.61. The van der Waals surface area contributed by atoms with E-state index in [0.29, 0.717) is 0 Å². The summed E-state index contributed by atoms with van der Waals surface area (Å²) >= 11 is 1.88. The van der Waals surface area contributed by atoms with Gasteiger partial charge in [-0.05, 0) is 0 Å². The molecule has 47 valence electrons. The molecule has 9 heavy (non-hydrogen) atoms. The second-order valence-electron chi connectivity index (χ2n) is 1.88. The molecule has 0 bridgehead atoms. The summed E-state index contributed by atoms with van der Waals surface area (Å²) in [5.41, 5.74) is 1.43. The Kier molecular flexibility index (Phi) is 3.11. The van der Waals surface area contributed by atoms with E-state index in [4.69, 9.17) is 0 Å². The fourth-order valence-electron chi connectivity index (χ4n) is 0.717. The first kappa shape index (κ1) is 7.12. The van der Waals surface area contributed by atoms with Crippen LogP contribution in [0.2, 0.25) is 4.47 Å². The predicted octanol–water partition coefficient (Wildman–Crippen LogP) is 1.35. The summed E-state index contributed by atoms with van der Waals surface area (Å²) < 4.78 is 1.28. The molecule has 0 N–H and O–H groups in total. The Morgan fingerprint density at radius 1 is 1.33 bits per heavy atom. The molecule has 0 fully saturated rings. The summed E-state index contributed by atoms with van der Waals surface area (Å²) in [6, 6.07) is 11.2. The van der Waals surface area contributed by atoms with Gasteiger partial charge in [-0.15, -0.1) is 0 Å². The summed E-state index contributed by atoms with van der Waals surface area (Å²) in [7, 11) is 0. The molecule has 0 nitrogen and oxygen atoms in total. The molecule has 0 saturated carbocycles. The predicted molar refractivity (Wildman–Crippen MR) is 40.9 cm³/mol. The van der Waals surface area contributed by atoms with E-state index in [0.717, 1.165) is 0 Å². The van der Waals surface area contributed by atoms with E-state index in [1.807, 2.05) is 34.4 Å². The van der Waals surface area contributed by atoms with Gasteiger partial charge in [-0.2, -0.15) is 0 Å². The Labute approximate surface area is 69.2 Å². The van der Waals surface area contributed by atoms with Crippen molar-refractivity contribution in [3.8, 4) is 0 Å². The molecule has 0 aliphatic carbocycles. The molecule has 0 amide bonds. The first-order chi connectivity index (χ1) is 4.43. The van der Waals surface area contributed by atoms with Crippen LogP contribution in [0.25, 0.3) is 0 Å². The first-order valence-electron chi connectivity index (χ1n) is 2.99. The Morgan fingerprint density at radius 3 is 2.56 bits per heavy atom. The van der Waals surface area contributed by atoms with Crippen LogP contribution in [0.4, 0.5) is 0 Å². The van der Waals surface area contributed by atoms with E-state index < -0.39 is 0 Å². The quantitative estimate of drug-likeness (QED) is 0.676. The molecule has 0 aliphatic rings. The molecular weight excluding hydrogens is 224 g/mol. The van der Waals surface area contributed by atoms with Crippen molar-refractivity contribution in [1.29, 1.82) is 0 Å². The van der Waals surface area contributed by atoms with E-state index in [9.17, 15) is 0 Å². The van der Waals surface area contributed by atoms with Crippen LogP contribution in [0.3, 0.4) is 0 Å². The van der Waals surface area contributed by atoms with Gasteiger partial charge in [0.25, 0.3) is 0 Å². The summed E-state index contributed by atoms with van der Waals surface area (Å²) in [6.45, 7) is 0. The third-order valence-electron chi connectivity index (χ3n) is 1.19. The summed E-state index contributed by atoms with van der Waals surface area (Å²) in [5.74, 6) is 0. The molecule has 1 aromatic rings. The van der Waals surface area contributed by atoms with Crippen LogP contribution in [0, 0.1) is 6.07 Å². The molecule has 0 atom stereocenters. The van der Waals surface area contributed by atoms with Crippen molar-refractivity contribution in [1.82, 2.24) is 0 Å². The van der Waals surface area contributed by atoms with Crippen LogP contribution >= 0.6 is 0 Å². The average Bonchev–Trinajstić information content (AvgIpc) is 1.91. The topological polar surface area (TPSA) is 0 Å². The number of hydrogen-bond donors (Lipinski definition) is 0. The Bertz CT molecular complexity index is 157. The monoisotopic (exact) mass is 235 g/mol. The third-order valence-corrected chi connectivity index (χ3v) is 1.83. The van der Waals surface area contributed by atoms with E-state index in [-0.39, 0.29) is 0 Å². The van der Waals surface area contributed by atoms with Gasteiger partial charge in [0.05, 0.1) is 0 Å². The first-order valence-corrected chi connectivity index (χ1v) is 4.80. The molecule has 1 heteroatoms. The van der Waals surface area contributed by atoms with Crippen LogP contribution < -0.4 is 0 Å². The molecule has 0 unspecified atom stereocenters. The maximum absolute atomic E-state index is 3.00. The van der Waals surface area contributed by atoms with Crippen LogP contribution in [0.5, 0.6) is 0 Å². The Morgan fingerprint density at radius 2 is 2.00 bits per heavy atom. The van der Waals surface area contributed by atoms with Gasteiger partial charge in [-0.25, -0.2) is 0 Å². The number of benzene rings is 1. The van der Waals surface area contributed by atoms with Crippen molar-refractivity contribution in [2.75, 3.05) is 0 Å². The van der Waals surface area contributed by atoms with E-state index in [1.165, 1.54) is 16.5 Å². The van der Waals surface area contributed by atoms with Gasteiger partial charge >= 0.3 is 69.1 Å². The standard InChI is InChI=1S/C8H9Te/c9-7-6-8-4-2-1-3-5-8/h2-5,9H,6-7H2. The number of aryl methyl sites for hydroxylation is 1. The zero-order chi connectivity index (χ0) is 6.53. The summed E-state index contributed by atoms with van der Waals surface area (Å²) in [6.07, 6.45) is 1.21. The van der Waals surface area contributed by atoms with Crippen LogP contribution in [0.1, 0.15) is 5.56 Å². The second-order valence-corrected chi connectivity index (χ2v) is 3.16. The molecule has 0 aliphatic heterocycles. The maximum atomic E-state index is 3.00. The van der Waals surface area contributed by atoms with Gasteiger partial charge in [0.2, 0.25) is 0 Å². The number of rotatable bonds is 2. The molecule has 0 spiro atoms. The van der Waals surface area contributed by atoms with E-state index >= 15 is 0 Å². The molecule has 1 radical (unpaired) electrons. The van der Waals surface area contributed by atoms with Crippen molar-refractivity contribution in [2.45, 2.75) is 10.9 Å². The van der Waals surface area contributed by atoms with Crippen molar-refractivity contribution >= 4 is 22.3 Å². The van der Waals surface area contributed by atoms with E-state index in [2.05, 4.69) is 18.2 Å². The third kappa shape index (κ3) is 2.39. The molecule has 0 aromatic heterocycles. The van der Waals surface area contributed by atoms with Crippen LogP contribution in [-0.2, 0) is 6.42 Å². The molecule has 0 saturated heterocycles. The van der Waals surface area contributed by atoms with E-state index in [1.54, 1.807) is 0 Å². The van der Waals surface area contributed by atoms with Crippen molar-refractivity contribution in [2.24, 2.45) is 0 Å².